The molecule has 2 N–H and O–H groups in total. The minimum absolute atomic E-state index is 0.292. The Kier molecular flexibility index (Phi) is 5.15. The SMILES string of the molecule is COCCNCc1cnc(C)n1Cc1cccc(O)c1. The number of hydrogen-bond acceptors (Lipinski definition) is 4. The van der Waals surface area contributed by atoms with Crippen LogP contribution >= 0.6 is 0 Å². The van der Waals surface area contributed by atoms with Gasteiger partial charge < -0.3 is 19.7 Å². The largest absolute Gasteiger partial charge is 0.508 e. The zero-order valence-corrected chi connectivity index (χ0v) is 12.0. The molecule has 0 saturated heterocycles. The van der Waals surface area contributed by atoms with Gasteiger partial charge in [0.15, 0.2) is 0 Å². The molecule has 0 spiro atoms. The van der Waals surface area contributed by atoms with Crippen LogP contribution in [0.3, 0.4) is 0 Å². The molecule has 0 aliphatic rings. The highest BCUT2D eigenvalue weighted by Gasteiger charge is 2.07. The first-order chi connectivity index (χ1) is 9.70. The predicted octanol–water partition coefficient (Wildman–Crippen LogP) is 1.68. The molecule has 0 aliphatic heterocycles. The lowest BCUT2D eigenvalue weighted by Gasteiger charge is -2.11. The highest BCUT2D eigenvalue weighted by Crippen LogP contribution is 2.14. The van der Waals surface area contributed by atoms with E-state index in [1.165, 1.54) is 0 Å². The van der Waals surface area contributed by atoms with Gasteiger partial charge in [0.05, 0.1) is 12.3 Å². The minimum Gasteiger partial charge on any atom is -0.508 e. The molecule has 0 atom stereocenters. The number of aryl methyl sites for hydroxylation is 1. The summed E-state index contributed by atoms with van der Waals surface area (Å²) in [5.74, 6) is 1.26. The lowest BCUT2D eigenvalue weighted by Crippen LogP contribution is -2.21. The zero-order valence-electron chi connectivity index (χ0n) is 12.0. The summed E-state index contributed by atoms with van der Waals surface area (Å²) in [7, 11) is 1.69. The van der Waals surface area contributed by atoms with Gasteiger partial charge in [-0.15, -0.1) is 0 Å². The van der Waals surface area contributed by atoms with Gasteiger partial charge in [-0.25, -0.2) is 4.98 Å². The third-order valence-corrected chi connectivity index (χ3v) is 3.18. The van der Waals surface area contributed by atoms with Crippen molar-refractivity contribution in [3.63, 3.8) is 0 Å². The smallest absolute Gasteiger partial charge is 0.115 e. The highest BCUT2D eigenvalue weighted by molar-refractivity contribution is 5.27. The van der Waals surface area contributed by atoms with Crippen molar-refractivity contribution in [3.8, 4) is 5.75 Å². The van der Waals surface area contributed by atoms with Crippen molar-refractivity contribution in [2.24, 2.45) is 0 Å². The van der Waals surface area contributed by atoms with Crippen molar-refractivity contribution in [2.75, 3.05) is 20.3 Å². The first-order valence-corrected chi connectivity index (χ1v) is 6.69. The number of aromatic hydroxyl groups is 1. The Morgan fingerprint density at radius 1 is 1.40 bits per heavy atom. The van der Waals surface area contributed by atoms with E-state index in [1.807, 2.05) is 25.3 Å². The van der Waals surface area contributed by atoms with Gasteiger partial charge in [0.1, 0.15) is 11.6 Å². The third-order valence-electron chi connectivity index (χ3n) is 3.18. The van der Waals surface area contributed by atoms with E-state index < -0.39 is 0 Å². The molecular formula is C15H21N3O2. The number of aromatic nitrogens is 2. The van der Waals surface area contributed by atoms with Crippen LogP contribution in [-0.2, 0) is 17.8 Å². The second kappa shape index (κ2) is 7.07. The van der Waals surface area contributed by atoms with Gasteiger partial charge in [-0.1, -0.05) is 12.1 Å². The number of hydrogen-bond donors (Lipinski definition) is 2. The molecule has 5 nitrogen and oxygen atoms in total. The van der Waals surface area contributed by atoms with E-state index in [4.69, 9.17) is 4.74 Å². The van der Waals surface area contributed by atoms with Crippen LogP contribution in [0.2, 0.25) is 0 Å². The standard InChI is InChI=1S/C15H21N3O2/c1-12-17-10-14(9-16-6-7-20-2)18(12)11-13-4-3-5-15(19)8-13/h3-5,8,10,16,19H,6-7,9,11H2,1-2H3. The van der Waals surface area contributed by atoms with Gasteiger partial charge in [0.2, 0.25) is 0 Å². The van der Waals surface area contributed by atoms with E-state index in [9.17, 15) is 5.11 Å². The molecule has 0 unspecified atom stereocenters. The average Bonchev–Trinajstić information content (AvgIpc) is 2.76. The molecule has 108 valence electrons. The number of imidazole rings is 1. The van der Waals surface area contributed by atoms with Crippen molar-refractivity contribution in [2.45, 2.75) is 20.0 Å². The summed E-state index contributed by atoms with van der Waals surface area (Å²) in [4.78, 5) is 4.36. The van der Waals surface area contributed by atoms with E-state index in [2.05, 4.69) is 14.9 Å². The molecule has 5 heteroatoms. The van der Waals surface area contributed by atoms with Gasteiger partial charge >= 0.3 is 0 Å². The third kappa shape index (κ3) is 3.82. The predicted molar refractivity (Wildman–Crippen MR) is 77.8 cm³/mol. The molecule has 0 bridgehead atoms. The van der Waals surface area contributed by atoms with E-state index in [0.717, 1.165) is 30.2 Å². The number of nitrogens with one attached hydrogen (secondary N) is 1. The van der Waals surface area contributed by atoms with Crippen LogP contribution in [0.25, 0.3) is 0 Å². The van der Waals surface area contributed by atoms with Crippen LogP contribution in [0.1, 0.15) is 17.1 Å². The van der Waals surface area contributed by atoms with E-state index in [-0.39, 0.29) is 0 Å². The van der Waals surface area contributed by atoms with Gasteiger partial charge in [0.25, 0.3) is 0 Å². The fraction of sp³-hybridized carbons (Fsp3) is 0.400. The summed E-state index contributed by atoms with van der Waals surface area (Å²) < 4.78 is 7.16. The minimum atomic E-state index is 0.292. The van der Waals surface area contributed by atoms with Crippen molar-refractivity contribution < 1.29 is 9.84 Å². The summed E-state index contributed by atoms with van der Waals surface area (Å²) in [6, 6.07) is 7.31. The normalized spacial score (nSPS) is 10.9. The second-order valence-electron chi connectivity index (χ2n) is 4.72. The summed E-state index contributed by atoms with van der Waals surface area (Å²) >= 11 is 0. The van der Waals surface area contributed by atoms with Gasteiger partial charge in [-0.3, -0.25) is 0 Å². The van der Waals surface area contributed by atoms with Crippen LogP contribution in [0.15, 0.2) is 30.5 Å². The van der Waals surface area contributed by atoms with Crippen LogP contribution in [0.4, 0.5) is 0 Å². The fourth-order valence-corrected chi connectivity index (χ4v) is 2.10. The number of phenolic OH excluding ortho intramolecular Hbond substituents is 1. The average molecular weight is 275 g/mol. The molecule has 1 heterocycles. The number of rotatable bonds is 7. The Balaban J connectivity index is 2.05. The number of methoxy groups -OCH3 is 1. The molecule has 1 aromatic carbocycles. The lowest BCUT2D eigenvalue weighted by molar-refractivity contribution is 0.199. The molecule has 2 aromatic rings. The fourth-order valence-electron chi connectivity index (χ4n) is 2.10. The molecule has 20 heavy (non-hydrogen) atoms. The van der Waals surface area contributed by atoms with Crippen molar-refractivity contribution in [3.05, 3.63) is 47.5 Å². The van der Waals surface area contributed by atoms with Gasteiger partial charge in [0, 0.05) is 32.9 Å². The first kappa shape index (κ1) is 14.6. The summed E-state index contributed by atoms with van der Waals surface area (Å²) in [6.45, 7) is 4.96. The molecule has 2 rings (SSSR count). The van der Waals surface area contributed by atoms with E-state index >= 15 is 0 Å². The Morgan fingerprint density at radius 2 is 2.25 bits per heavy atom. The van der Waals surface area contributed by atoms with Crippen molar-refractivity contribution >= 4 is 0 Å². The Hall–Kier alpha value is -1.85. The number of phenols is 1. The summed E-state index contributed by atoms with van der Waals surface area (Å²) in [5, 5.41) is 12.8. The van der Waals surface area contributed by atoms with Crippen LogP contribution in [-0.4, -0.2) is 34.9 Å². The summed E-state index contributed by atoms with van der Waals surface area (Å²) in [6.07, 6.45) is 1.89. The number of ether oxygens (including phenoxy) is 1. The van der Waals surface area contributed by atoms with E-state index in [0.29, 0.717) is 18.9 Å². The van der Waals surface area contributed by atoms with Gasteiger partial charge in [-0.05, 0) is 24.6 Å². The Morgan fingerprint density at radius 3 is 3.00 bits per heavy atom. The van der Waals surface area contributed by atoms with E-state index in [1.54, 1.807) is 19.2 Å². The maximum atomic E-state index is 9.53. The number of benzene rings is 1. The summed E-state index contributed by atoms with van der Waals surface area (Å²) in [5.41, 5.74) is 2.19. The molecule has 0 radical (unpaired) electrons. The topological polar surface area (TPSA) is 59.3 Å². The highest BCUT2D eigenvalue weighted by atomic mass is 16.5. The molecule has 0 aliphatic carbocycles. The molecular weight excluding hydrogens is 254 g/mol. The molecule has 0 fully saturated rings. The zero-order chi connectivity index (χ0) is 14.4. The van der Waals surface area contributed by atoms with Crippen LogP contribution < -0.4 is 5.32 Å². The van der Waals surface area contributed by atoms with Crippen LogP contribution in [0.5, 0.6) is 5.75 Å². The monoisotopic (exact) mass is 275 g/mol. The Bertz CT molecular complexity index is 552. The second-order valence-corrected chi connectivity index (χ2v) is 4.72. The Labute approximate surface area is 119 Å². The molecule has 0 saturated carbocycles. The molecule has 1 aromatic heterocycles. The molecule has 0 amide bonds. The lowest BCUT2D eigenvalue weighted by atomic mass is 10.2. The van der Waals surface area contributed by atoms with Crippen molar-refractivity contribution in [1.82, 2.24) is 14.9 Å². The van der Waals surface area contributed by atoms with Crippen LogP contribution in [0, 0.1) is 6.92 Å². The quantitative estimate of drug-likeness (QED) is 0.755. The maximum absolute atomic E-state index is 9.53. The number of nitrogens with zero attached hydrogens (tertiary/aromatic N) is 2. The van der Waals surface area contributed by atoms with Gasteiger partial charge in [-0.2, -0.15) is 0 Å². The first-order valence-electron chi connectivity index (χ1n) is 6.69. The van der Waals surface area contributed by atoms with Crippen molar-refractivity contribution in [1.29, 1.82) is 0 Å². The maximum Gasteiger partial charge on any atom is 0.115 e.